The van der Waals surface area contributed by atoms with Crippen LogP contribution >= 0.6 is 22.6 Å². The van der Waals surface area contributed by atoms with Crippen LogP contribution in [0.25, 0.3) is 0 Å². The second kappa shape index (κ2) is 4.00. The molecule has 0 aliphatic heterocycles. The smallest absolute Gasteiger partial charge is 0.434 e. The van der Waals surface area contributed by atoms with E-state index in [9.17, 15) is 4.79 Å². The molecule has 0 amide bonds. The topological polar surface area (TPSA) is 35.5 Å². The van der Waals surface area contributed by atoms with E-state index < -0.39 is 6.16 Å². The number of alkyl halides is 1. The normalized spacial score (nSPS) is 16.5. The van der Waals surface area contributed by atoms with E-state index in [2.05, 4.69) is 4.74 Å². The number of carbonyl (C=O) groups excluding carboxylic acids is 1. The molecular weight excluding hydrogens is 247 g/mol. The van der Waals surface area contributed by atoms with Crippen molar-refractivity contribution in [2.75, 3.05) is 11.2 Å². The van der Waals surface area contributed by atoms with Gasteiger partial charge in [-0.05, 0) is 41.4 Å². The summed E-state index contributed by atoms with van der Waals surface area (Å²) in [4.78, 5) is 10.5. The highest BCUT2D eigenvalue weighted by Crippen LogP contribution is 2.28. The summed E-state index contributed by atoms with van der Waals surface area (Å²) in [5.41, 5.74) is 0. The lowest BCUT2D eigenvalue weighted by atomic mass is 10.5. The van der Waals surface area contributed by atoms with Crippen molar-refractivity contribution >= 4 is 28.7 Å². The van der Waals surface area contributed by atoms with Gasteiger partial charge >= 0.3 is 6.16 Å². The fraction of sp³-hybridized carbons (Fsp3) is 0.833. The minimum atomic E-state index is -0.540. The third-order valence-electron chi connectivity index (χ3n) is 1.31. The van der Waals surface area contributed by atoms with Crippen LogP contribution in [0.15, 0.2) is 0 Å². The predicted molar refractivity (Wildman–Crippen MR) is 44.0 cm³/mol. The molecule has 0 N–H and O–H groups in total. The van der Waals surface area contributed by atoms with Gasteiger partial charge < -0.3 is 9.47 Å². The van der Waals surface area contributed by atoms with E-state index >= 15 is 0 Å². The molecule has 0 aromatic carbocycles. The van der Waals surface area contributed by atoms with Gasteiger partial charge in [0.05, 0.1) is 6.61 Å². The van der Waals surface area contributed by atoms with Crippen molar-refractivity contribution in [3.8, 4) is 0 Å². The Bertz CT molecular complexity index is 122. The highest BCUT2D eigenvalue weighted by molar-refractivity contribution is 14.1. The molecule has 0 aromatic rings. The molecule has 0 spiro atoms. The number of hydrogen-bond donors (Lipinski definition) is 0. The van der Waals surface area contributed by atoms with Crippen LogP contribution in [-0.4, -0.2) is 17.4 Å². The number of halogens is 1. The largest absolute Gasteiger partial charge is 0.509 e. The van der Waals surface area contributed by atoms with Crippen LogP contribution < -0.4 is 0 Å². The van der Waals surface area contributed by atoms with Gasteiger partial charge in [-0.15, -0.1) is 0 Å². The summed E-state index contributed by atoms with van der Waals surface area (Å²) >= 11 is 1.95. The summed E-state index contributed by atoms with van der Waals surface area (Å²) in [5, 5.41) is 0. The number of carbonyl (C=O) groups is 1. The third kappa shape index (κ3) is 3.24. The monoisotopic (exact) mass is 256 g/mol. The Morgan fingerprint density at radius 2 is 2.20 bits per heavy atom. The summed E-state index contributed by atoms with van der Waals surface area (Å²) in [6.07, 6.45) is 1.84. The molecule has 1 fully saturated rings. The van der Waals surface area contributed by atoms with E-state index in [0.29, 0.717) is 17.1 Å². The van der Waals surface area contributed by atoms with Crippen molar-refractivity contribution < 1.29 is 14.3 Å². The van der Waals surface area contributed by atoms with Crippen molar-refractivity contribution in [1.82, 2.24) is 0 Å². The molecule has 0 saturated heterocycles. The highest BCUT2D eigenvalue weighted by Gasteiger charge is 2.23. The molecule has 1 saturated carbocycles. The molecular formula is C6H9IO3. The first-order chi connectivity index (χ1) is 4.83. The molecule has 1 rings (SSSR count). The molecule has 0 aromatic heterocycles. The van der Waals surface area contributed by atoms with Crippen LogP contribution in [-0.2, 0) is 9.47 Å². The first-order valence-corrected chi connectivity index (χ1v) is 4.71. The van der Waals surface area contributed by atoms with Crippen LogP contribution in [0.2, 0.25) is 0 Å². The molecule has 4 heteroatoms. The number of ether oxygens (including phenoxy) is 2. The molecule has 0 heterocycles. The SMILES string of the molecule is O=C(OCI)OCC1CC1. The fourth-order valence-electron chi connectivity index (χ4n) is 0.557. The molecule has 1 aliphatic rings. The summed E-state index contributed by atoms with van der Waals surface area (Å²) < 4.78 is 9.65. The van der Waals surface area contributed by atoms with Gasteiger partial charge in [0.25, 0.3) is 0 Å². The third-order valence-corrected chi connectivity index (χ3v) is 1.62. The van der Waals surface area contributed by atoms with Gasteiger partial charge in [-0.1, -0.05) is 0 Å². The molecule has 0 unspecified atom stereocenters. The minimum Gasteiger partial charge on any atom is -0.434 e. The Morgan fingerprint density at radius 3 is 2.70 bits per heavy atom. The lowest BCUT2D eigenvalue weighted by Gasteiger charge is -2.00. The lowest BCUT2D eigenvalue weighted by molar-refractivity contribution is 0.0672. The van der Waals surface area contributed by atoms with Crippen molar-refractivity contribution in [2.45, 2.75) is 12.8 Å². The van der Waals surface area contributed by atoms with Gasteiger partial charge in [-0.2, -0.15) is 0 Å². The van der Waals surface area contributed by atoms with E-state index in [0.717, 1.165) is 0 Å². The maximum absolute atomic E-state index is 10.5. The lowest BCUT2D eigenvalue weighted by Crippen LogP contribution is -2.07. The molecule has 58 valence electrons. The Labute approximate surface area is 73.2 Å². The van der Waals surface area contributed by atoms with E-state index in [1.807, 2.05) is 22.6 Å². The zero-order chi connectivity index (χ0) is 7.40. The standard InChI is InChI=1S/C6H9IO3/c7-4-10-6(8)9-3-5-1-2-5/h5H,1-4H2. The van der Waals surface area contributed by atoms with Crippen molar-refractivity contribution in [1.29, 1.82) is 0 Å². The van der Waals surface area contributed by atoms with E-state index in [1.54, 1.807) is 0 Å². The molecule has 10 heavy (non-hydrogen) atoms. The average Bonchev–Trinajstić information content (AvgIpc) is 2.67. The summed E-state index contributed by atoms with van der Waals surface area (Å²) in [7, 11) is 0. The van der Waals surface area contributed by atoms with Crippen LogP contribution in [0.4, 0.5) is 4.79 Å². The maximum atomic E-state index is 10.5. The van der Waals surface area contributed by atoms with Gasteiger partial charge in [0, 0.05) is 0 Å². The highest BCUT2D eigenvalue weighted by atomic mass is 127. The van der Waals surface area contributed by atoms with Crippen LogP contribution in [0, 0.1) is 5.92 Å². The first kappa shape index (κ1) is 8.10. The Morgan fingerprint density at radius 1 is 1.50 bits per heavy atom. The van der Waals surface area contributed by atoms with E-state index in [-0.39, 0.29) is 0 Å². The van der Waals surface area contributed by atoms with Gasteiger partial charge in [0.2, 0.25) is 0 Å². The summed E-state index contributed by atoms with van der Waals surface area (Å²) in [6, 6.07) is 0. The number of rotatable bonds is 3. The van der Waals surface area contributed by atoms with Crippen molar-refractivity contribution in [2.24, 2.45) is 5.92 Å². The molecule has 3 nitrogen and oxygen atoms in total. The number of hydrogen-bond acceptors (Lipinski definition) is 3. The second-order valence-corrected chi connectivity index (χ2v) is 2.88. The molecule has 0 radical (unpaired) electrons. The van der Waals surface area contributed by atoms with Crippen LogP contribution in [0.3, 0.4) is 0 Å². The van der Waals surface area contributed by atoms with Crippen LogP contribution in [0.1, 0.15) is 12.8 Å². The van der Waals surface area contributed by atoms with Gasteiger partial charge in [-0.25, -0.2) is 4.79 Å². The van der Waals surface area contributed by atoms with Crippen molar-refractivity contribution in [3.63, 3.8) is 0 Å². The zero-order valence-electron chi connectivity index (χ0n) is 5.51. The average molecular weight is 256 g/mol. The Balaban J connectivity index is 1.94. The predicted octanol–water partition coefficient (Wildman–Crippen LogP) is 1.94. The van der Waals surface area contributed by atoms with E-state index in [4.69, 9.17) is 4.74 Å². The maximum Gasteiger partial charge on any atom is 0.509 e. The van der Waals surface area contributed by atoms with Gasteiger partial charge in [-0.3, -0.25) is 0 Å². The molecule has 0 atom stereocenters. The van der Waals surface area contributed by atoms with Crippen LogP contribution in [0.5, 0.6) is 0 Å². The minimum absolute atomic E-state index is 0.362. The quantitative estimate of drug-likeness (QED) is 0.439. The first-order valence-electron chi connectivity index (χ1n) is 3.18. The van der Waals surface area contributed by atoms with Gasteiger partial charge in [0.1, 0.15) is 4.61 Å². The Kier molecular flexibility index (Phi) is 3.24. The van der Waals surface area contributed by atoms with Crippen molar-refractivity contribution in [3.05, 3.63) is 0 Å². The second-order valence-electron chi connectivity index (χ2n) is 2.26. The summed E-state index contributed by atoms with van der Waals surface area (Å²) in [6.45, 7) is 0.537. The Hall–Kier alpha value is -0.0000000000000000555. The molecule has 1 aliphatic carbocycles. The van der Waals surface area contributed by atoms with E-state index in [1.165, 1.54) is 12.8 Å². The zero-order valence-corrected chi connectivity index (χ0v) is 7.67. The molecule has 0 bridgehead atoms. The summed E-state index contributed by atoms with van der Waals surface area (Å²) in [5.74, 6) is 0.613. The fourth-order valence-corrected chi connectivity index (χ4v) is 0.811. The van der Waals surface area contributed by atoms with Gasteiger partial charge in [0.15, 0.2) is 0 Å².